The number of rotatable bonds is 7. The van der Waals surface area contributed by atoms with Gasteiger partial charge in [-0.05, 0) is 45.6 Å². The molecule has 0 saturated heterocycles. The van der Waals surface area contributed by atoms with Crippen molar-refractivity contribution >= 4 is 11.9 Å². The predicted octanol–water partition coefficient (Wildman–Crippen LogP) is 1.22. The molecule has 0 aromatic rings. The molecule has 1 aliphatic rings. The van der Waals surface area contributed by atoms with Crippen molar-refractivity contribution in [3.8, 4) is 0 Å². The van der Waals surface area contributed by atoms with Crippen LogP contribution in [0.3, 0.4) is 0 Å². The van der Waals surface area contributed by atoms with Crippen molar-refractivity contribution in [1.29, 1.82) is 0 Å². The summed E-state index contributed by atoms with van der Waals surface area (Å²) >= 11 is 0. The van der Waals surface area contributed by atoms with Gasteiger partial charge in [0.15, 0.2) is 0 Å². The third-order valence-electron chi connectivity index (χ3n) is 3.42. The first-order chi connectivity index (χ1) is 9.17. The van der Waals surface area contributed by atoms with E-state index in [2.05, 4.69) is 17.6 Å². The van der Waals surface area contributed by atoms with E-state index in [9.17, 15) is 9.59 Å². The Morgan fingerprint density at radius 2 is 1.84 bits per heavy atom. The van der Waals surface area contributed by atoms with E-state index in [0.29, 0.717) is 13.2 Å². The lowest BCUT2D eigenvalue weighted by Gasteiger charge is -2.27. The van der Waals surface area contributed by atoms with Crippen LogP contribution in [0.25, 0.3) is 0 Å². The van der Waals surface area contributed by atoms with Crippen LogP contribution < -0.4 is 10.6 Å². The van der Waals surface area contributed by atoms with E-state index < -0.39 is 0 Å². The number of hydrogen-bond acceptors (Lipinski definition) is 4. The van der Waals surface area contributed by atoms with Gasteiger partial charge in [0.25, 0.3) is 0 Å². The zero-order valence-corrected chi connectivity index (χ0v) is 12.0. The van der Waals surface area contributed by atoms with E-state index in [1.807, 2.05) is 6.92 Å². The van der Waals surface area contributed by atoms with Crippen LogP contribution in [0.5, 0.6) is 0 Å². The summed E-state index contributed by atoms with van der Waals surface area (Å²) in [5, 5.41) is 6.10. The Bertz CT molecular complexity index is 286. The molecule has 0 spiro atoms. The van der Waals surface area contributed by atoms with Crippen molar-refractivity contribution in [3.05, 3.63) is 0 Å². The first-order valence-corrected chi connectivity index (χ1v) is 7.34. The Hall–Kier alpha value is -1.10. The van der Waals surface area contributed by atoms with Crippen molar-refractivity contribution in [3.63, 3.8) is 0 Å². The Morgan fingerprint density at radius 1 is 1.16 bits per heavy atom. The Morgan fingerprint density at radius 3 is 2.42 bits per heavy atom. The highest BCUT2D eigenvalue weighted by Crippen LogP contribution is 2.25. The lowest BCUT2D eigenvalue weighted by atomic mass is 9.86. The van der Waals surface area contributed by atoms with Gasteiger partial charge < -0.3 is 15.4 Å². The number of amides is 1. The first kappa shape index (κ1) is 16.0. The van der Waals surface area contributed by atoms with E-state index in [-0.39, 0.29) is 23.8 Å². The fraction of sp³-hybridized carbons (Fsp3) is 0.857. The van der Waals surface area contributed by atoms with Gasteiger partial charge >= 0.3 is 5.97 Å². The van der Waals surface area contributed by atoms with E-state index in [1.165, 1.54) is 0 Å². The number of hydrogen-bond donors (Lipinski definition) is 2. The van der Waals surface area contributed by atoms with Gasteiger partial charge in [-0.15, -0.1) is 0 Å². The van der Waals surface area contributed by atoms with Gasteiger partial charge in [-0.1, -0.05) is 6.92 Å². The molecular formula is C14H26N2O3. The van der Waals surface area contributed by atoms with Crippen LogP contribution in [0.4, 0.5) is 0 Å². The predicted molar refractivity (Wildman–Crippen MR) is 73.7 cm³/mol. The summed E-state index contributed by atoms with van der Waals surface area (Å²) in [5.74, 6) is -0.0174. The maximum atomic E-state index is 11.6. The lowest BCUT2D eigenvalue weighted by Crippen LogP contribution is -2.43. The van der Waals surface area contributed by atoms with Crippen LogP contribution in [-0.2, 0) is 14.3 Å². The molecule has 1 rings (SSSR count). The first-order valence-electron chi connectivity index (χ1n) is 7.34. The zero-order chi connectivity index (χ0) is 14.1. The summed E-state index contributed by atoms with van der Waals surface area (Å²) in [6, 6.07) is 0.210. The molecule has 0 heterocycles. The highest BCUT2D eigenvalue weighted by molar-refractivity contribution is 5.78. The van der Waals surface area contributed by atoms with E-state index in [1.54, 1.807) is 0 Å². The molecule has 1 aliphatic carbocycles. The number of carbonyl (C=O) groups is 2. The van der Waals surface area contributed by atoms with Gasteiger partial charge in [0.2, 0.25) is 5.91 Å². The molecule has 19 heavy (non-hydrogen) atoms. The molecule has 0 aliphatic heterocycles. The number of nitrogens with one attached hydrogen (secondary N) is 2. The van der Waals surface area contributed by atoms with Gasteiger partial charge in [0.1, 0.15) is 0 Å². The van der Waals surface area contributed by atoms with Crippen LogP contribution >= 0.6 is 0 Å². The monoisotopic (exact) mass is 270 g/mol. The summed E-state index contributed by atoms with van der Waals surface area (Å²) in [5.41, 5.74) is 0. The van der Waals surface area contributed by atoms with Crippen molar-refractivity contribution in [2.75, 3.05) is 19.7 Å². The summed E-state index contributed by atoms with van der Waals surface area (Å²) in [6.45, 7) is 5.59. The Balaban J connectivity index is 2.19. The highest BCUT2D eigenvalue weighted by Gasteiger charge is 2.27. The van der Waals surface area contributed by atoms with Crippen LogP contribution in [0.1, 0.15) is 46.0 Å². The molecule has 0 radical (unpaired) electrons. The molecule has 0 bridgehead atoms. The van der Waals surface area contributed by atoms with Gasteiger partial charge in [-0.25, -0.2) is 0 Å². The summed E-state index contributed by atoms with van der Waals surface area (Å²) in [6.07, 6.45) is 4.38. The van der Waals surface area contributed by atoms with Gasteiger partial charge in [-0.3, -0.25) is 9.59 Å². The van der Waals surface area contributed by atoms with Crippen molar-refractivity contribution in [2.24, 2.45) is 5.92 Å². The van der Waals surface area contributed by atoms with Crippen LogP contribution in [0.15, 0.2) is 0 Å². The minimum absolute atomic E-state index is 0.0197. The van der Waals surface area contributed by atoms with E-state index in [4.69, 9.17) is 4.74 Å². The smallest absolute Gasteiger partial charge is 0.308 e. The lowest BCUT2D eigenvalue weighted by molar-refractivity contribution is -0.149. The van der Waals surface area contributed by atoms with Gasteiger partial charge in [0.05, 0.1) is 19.1 Å². The molecule has 1 amide bonds. The van der Waals surface area contributed by atoms with Gasteiger partial charge in [-0.2, -0.15) is 0 Å². The molecule has 0 atom stereocenters. The number of carbonyl (C=O) groups excluding carboxylic acids is 2. The van der Waals surface area contributed by atoms with E-state index in [0.717, 1.165) is 38.6 Å². The SMILES string of the molecule is CCCNCC(=O)NC1CCC(C(=O)OCC)CC1. The van der Waals surface area contributed by atoms with Gasteiger partial charge in [0, 0.05) is 6.04 Å². The molecule has 1 fully saturated rings. The second-order valence-corrected chi connectivity index (χ2v) is 5.04. The van der Waals surface area contributed by atoms with Crippen LogP contribution in [0, 0.1) is 5.92 Å². The zero-order valence-electron chi connectivity index (χ0n) is 12.0. The number of esters is 1. The normalized spacial score (nSPS) is 22.8. The molecule has 0 aromatic heterocycles. The minimum atomic E-state index is -0.0862. The molecule has 1 saturated carbocycles. The van der Waals surface area contributed by atoms with Crippen molar-refractivity contribution in [2.45, 2.75) is 52.0 Å². The fourth-order valence-corrected chi connectivity index (χ4v) is 2.39. The van der Waals surface area contributed by atoms with E-state index >= 15 is 0 Å². The Kier molecular flexibility index (Phi) is 7.48. The highest BCUT2D eigenvalue weighted by atomic mass is 16.5. The summed E-state index contributed by atoms with van der Waals surface area (Å²) in [7, 11) is 0. The van der Waals surface area contributed by atoms with Crippen LogP contribution in [-0.4, -0.2) is 37.6 Å². The molecule has 0 aromatic carbocycles. The maximum absolute atomic E-state index is 11.6. The third kappa shape index (κ3) is 6.05. The molecule has 5 heteroatoms. The molecule has 2 N–H and O–H groups in total. The van der Waals surface area contributed by atoms with Crippen molar-refractivity contribution in [1.82, 2.24) is 10.6 Å². The molecule has 0 unspecified atom stereocenters. The number of ether oxygens (including phenoxy) is 1. The summed E-state index contributed by atoms with van der Waals surface area (Å²) in [4.78, 5) is 23.2. The average Bonchev–Trinajstić information content (AvgIpc) is 2.40. The molecule has 5 nitrogen and oxygen atoms in total. The largest absolute Gasteiger partial charge is 0.466 e. The second-order valence-electron chi connectivity index (χ2n) is 5.04. The topological polar surface area (TPSA) is 67.4 Å². The summed E-state index contributed by atoms with van der Waals surface area (Å²) < 4.78 is 5.03. The second kappa shape index (κ2) is 8.91. The Labute approximate surface area is 115 Å². The quantitative estimate of drug-likeness (QED) is 0.539. The van der Waals surface area contributed by atoms with Crippen molar-refractivity contribution < 1.29 is 14.3 Å². The maximum Gasteiger partial charge on any atom is 0.308 e. The fourth-order valence-electron chi connectivity index (χ4n) is 2.39. The third-order valence-corrected chi connectivity index (χ3v) is 3.42. The minimum Gasteiger partial charge on any atom is -0.466 e. The average molecular weight is 270 g/mol. The molecular weight excluding hydrogens is 244 g/mol. The molecule has 110 valence electrons. The standard InChI is InChI=1S/C14H26N2O3/c1-3-9-15-10-13(17)16-12-7-5-11(6-8-12)14(18)19-4-2/h11-12,15H,3-10H2,1-2H3,(H,16,17). The van der Waals surface area contributed by atoms with Crippen LogP contribution in [0.2, 0.25) is 0 Å².